The van der Waals surface area contributed by atoms with E-state index >= 15 is 0 Å². The van der Waals surface area contributed by atoms with Gasteiger partial charge in [-0.1, -0.05) is 111 Å². The second-order valence-corrected chi connectivity index (χ2v) is 8.65. The maximum Gasteiger partial charge on any atom is 0.220 e. The Labute approximate surface area is 177 Å². The van der Waals surface area contributed by atoms with Crippen molar-refractivity contribution in [1.29, 1.82) is 0 Å². The minimum atomic E-state index is -0.0887. The molecule has 0 aliphatic carbocycles. The van der Waals surface area contributed by atoms with Gasteiger partial charge in [0, 0.05) is 5.92 Å². The molecule has 0 aromatic heterocycles. The smallest absolute Gasteiger partial charge is 0.220 e. The van der Waals surface area contributed by atoms with Crippen molar-refractivity contribution in [2.24, 2.45) is 11.7 Å². The van der Waals surface area contributed by atoms with Gasteiger partial charge in [-0.15, -0.1) is 0 Å². The first-order valence-electron chi connectivity index (χ1n) is 12.7. The predicted octanol–water partition coefficient (Wildman–Crippen LogP) is 7.08. The van der Waals surface area contributed by atoms with Gasteiger partial charge in [0.25, 0.3) is 0 Å². The normalized spacial score (nSPS) is 12.6. The van der Waals surface area contributed by atoms with Crippen LogP contribution in [0.25, 0.3) is 0 Å². The molecular weight excluding hydrogens is 344 g/mol. The number of amides is 1. The zero-order valence-corrected chi connectivity index (χ0v) is 19.7. The third kappa shape index (κ3) is 17.5. The third-order valence-electron chi connectivity index (χ3n) is 6.23. The molecule has 2 N–H and O–H groups in total. The van der Waals surface area contributed by atoms with E-state index in [0.717, 1.165) is 45.3 Å². The zero-order chi connectivity index (χ0) is 20.9. The monoisotopic (exact) mass is 396 g/mol. The van der Waals surface area contributed by atoms with E-state index in [2.05, 4.69) is 25.7 Å². The number of nitrogens with two attached hydrogens (primary N) is 1. The summed E-state index contributed by atoms with van der Waals surface area (Å²) in [5.74, 6) is 0.00197. The Morgan fingerprint density at radius 3 is 1.43 bits per heavy atom. The number of carbonyl (C=O) groups excluding carboxylic acids is 1. The topological polar surface area (TPSA) is 46.3 Å². The number of rotatable bonds is 22. The number of hydrogen-bond acceptors (Lipinski definition) is 2. The minimum absolute atomic E-state index is 0.0887. The van der Waals surface area contributed by atoms with Crippen LogP contribution in [-0.2, 0) is 4.79 Å². The Morgan fingerprint density at radius 2 is 1.04 bits per heavy atom. The lowest BCUT2D eigenvalue weighted by Crippen LogP contribution is -2.27. The highest BCUT2D eigenvalue weighted by molar-refractivity contribution is 5.76. The van der Waals surface area contributed by atoms with Crippen molar-refractivity contribution in [3.63, 3.8) is 0 Å². The summed E-state index contributed by atoms with van der Waals surface area (Å²) in [7, 11) is 0. The second-order valence-electron chi connectivity index (χ2n) is 8.65. The second kappa shape index (κ2) is 21.1. The molecule has 0 rings (SSSR count). The van der Waals surface area contributed by atoms with E-state index < -0.39 is 0 Å². The first-order valence-corrected chi connectivity index (χ1v) is 12.7. The lowest BCUT2D eigenvalue weighted by molar-refractivity contribution is -0.122. The Balaban J connectivity index is 3.47. The van der Waals surface area contributed by atoms with Crippen molar-refractivity contribution in [2.75, 3.05) is 19.6 Å². The number of primary amides is 1. The molecule has 0 bridgehead atoms. The van der Waals surface area contributed by atoms with Gasteiger partial charge < -0.3 is 10.6 Å². The summed E-state index contributed by atoms with van der Waals surface area (Å²) >= 11 is 0. The molecule has 0 aliphatic heterocycles. The van der Waals surface area contributed by atoms with Gasteiger partial charge in [0.1, 0.15) is 0 Å². The quantitative estimate of drug-likeness (QED) is 0.199. The van der Waals surface area contributed by atoms with Crippen LogP contribution in [0, 0.1) is 5.92 Å². The summed E-state index contributed by atoms with van der Waals surface area (Å²) < 4.78 is 0. The van der Waals surface area contributed by atoms with Gasteiger partial charge in [-0.05, 0) is 38.9 Å². The molecule has 0 heterocycles. The first kappa shape index (κ1) is 27.4. The Bertz CT molecular complexity index is 329. The van der Waals surface area contributed by atoms with Crippen molar-refractivity contribution in [1.82, 2.24) is 4.90 Å². The summed E-state index contributed by atoms with van der Waals surface area (Å²) in [6.07, 6.45) is 22.3. The SMILES string of the molecule is CCCCCCCCCCCCCCCCC(CCCN(CC)CC)C(N)=O. The van der Waals surface area contributed by atoms with E-state index in [1.165, 1.54) is 83.5 Å². The fourth-order valence-electron chi connectivity index (χ4n) is 4.12. The van der Waals surface area contributed by atoms with Gasteiger partial charge >= 0.3 is 0 Å². The average Bonchev–Trinajstić information content (AvgIpc) is 2.69. The molecule has 1 amide bonds. The van der Waals surface area contributed by atoms with Crippen molar-refractivity contribution in [2.45, 2.75) is 130 Å². The summed E-state index contributed by atoms with van der Waals surface area (Å²) in [6, 6.07) is 0. The van der Waals surface area contributed by atoms with Crippen molar-refractivity contribution in [3.05, 3.63) is 0 Å². The van der Waals surface area contributed by atoms with Crippen LogP contribution in [-0.4, -0.2) is 30.4 Å². The van der Waals surface area contributed by atoms with E-state index in [1.807, 2.05) is 0 Å². The lowest BCUT2D eigenvalue weighted by atomic mass is 9.95. The van der Waals surface area contributed by atoms with Crippen LogP contribution in [0.5, 0.6) is 0 Å². The van der Waals surface area contributed by atoms with Crippen molar-refractivity contribution < 1.29 is 4.79 Å². The number of unbranched alkanes of at least 4 members (excludes halogenated alkanes) is 13. The van der Waals surface area contributed by atoms with Crippen molar-refractivity contribution in [3.8, 4) is 0 Å². The summed E-state index contributed by atoms with van der Waals surface area (Å²) in [4.78, 5) is 14.1. The fraction of sp³-hybridized carbons (Fsp3) is 0.960. The van der Waals surface area contributed by atoms with Crippen LogP contribution in [0.2, 0.25) is 0 Å². The van der Waals surface area contributed by atoms with E-state index in [1.54, 1.807) is 0 Å². The van der Waals surface area contributed by atoms with Gasteiger partial charge in [-0.3, -0.25) is 4.79 Å². The zero-order valence-electron chi connectivity index (χ0n) is 19.7. The molecule has 0 spiro atoms. The molecule has 0 fully saturated rings. The molecule has 28 heavy (non-hydrogen) atoms. The highest BCUT2D eigenvalue weighted by atomic mass is 16.1. The van der Waals surface area contributed by atoms with Crippen molar-refractivity contribution >= 4 is 5.91 Å². The first-order chi connectivity index (χ1) is 13.7. The Kier molecular flexibility index (Phi) is 20.7. The van der Waals surface area contributed by atoms with Gasteiger partial charge in [-0.25, -0.2) is 0 Å². The predicted molar refractivity (Wildman–Crippen MR) is 125 cm³/mol. The maximum absolute atomic E-state index is 11.7. The molecule has 3 heteroatoms. The summed E-state index contributed by atoms with van der Waals surface area (Å²) in [6.45, 7) is 9.96. The Morgan fingerprint density at radius 1 is 0.643 bits per heavy atom. The van der Waals surface area contributed by atoms with Crippen LogP contribution >= 0.6 is 0 Å². The third-order valence-corrected chi connectivity index (χ3v) is 6.23. The molecule has 1 unspecified atom stereocenters. The van der Waals surface area contributed by atoms with Crippen LogP contribution in [0.1, 0.15) is 130 Å². The molecule has 0 saturated carbocycles. The maximum atomic E-state index is 11.7. The van der Waals surface area contributed by atoms with Crippen LogP contribution < -0.4 is 5.73 Å². The van der Waals surface area contributed by atoms with Gasteiger partial charge in [0.05, 0.1) is 0 Å². The van der Waals surface area contributed by atoms with Crippen LogP contribution in [0.3, 0.4) is 0 Å². The number of nitrogens with zero attached hydrogens (tertiary/aromatic N) is 1. The number of carbonyl (C=O) groups is 1. The summed E-state index contributed by atoms with van der Waals surface area (Å²) in [5.41, 5.74) is 5.62. The molecule has 0 aliphatic rings. The van der Waals surface area contributed by atoms with E-state index in [9.17, 15) is 4.79 Å². The number of hydrogen-bond donors (Lipinski definition) is 1. The molecule has 0 radical (unpaired) electrons. The fourth-order valence-corrected chi connectivity index (χ4v) is 4.12. The van der Waals surface area contributed by atoms with Crippen LogP contribution in [0.4, 0.5) is 0 Å². The standard InChI is InChI=1S/C25H52N2O/c1-4-7-8-9-10-11-12-13-14-15-16-17-18-19-21-24(25(26)28)22-20-23-27(5-2)6-3/h24H,4-23H2,1-3H3,(H2,26,28). The Hall–Kier alpha value is -0.570. The van der Waals surface area contributed by atoms with Gasteiger partial charge in [0.2, 0.25) is 5.91 Å². The van der Waals surface area contributed by atoms with E-state index in [0.29, 0.717) is 0 Å². The van der Waals surface area contributed by atoms with E-state index in [-0.39, 0.29) is 11.8 Å². The largest absolute Gasteiger partial charge is 0.369 e. The molecule has 3 nitrogen and oxygen atoms in total. The van der Waals surface area contributed by atoms with Gasteiger partial charge in [-0.2, -0.15) is 0 Å². The molecule has 0 saturated heterocycles. The summed E-state index contributed by atoms with van der Waals surface area (Å²) in [5, 5.41) is 0. The minimum Gasteiger partial charge on any atom is -0.369 e. The molecule has 1 atom stereocenters. The molecule has 0 aromatic carbocycles. The van der Waals surface area contributed by atoms with Crippen LogP contribution in [0.15, 0.2) is 0 Å². The molecular formula is C25H52N2O. The lowest BCUT2D eigenvalue weighted by Gasteiger charge is -2.19. The van der Waals surface area contributed by atoms with Gasteiger partial charge in [0.15, 0.2) is 0 Å². The average molecular weight is 397 g/mol. The van der Waals surface area contributed by atoms with E-state index in [4.69, 9.17) is 5.73 Å². The molecule has 168 valence electrons. The highest BCUT2D eigenvalue weighted by Gasteiger charge is 2.14. The highest BCUT2D eigenvalue weighted by Crippen LogP contribution is 2.18. The molecule has 0 aromatic rings.